The van der Waals surface area contributed by atoms with E-state index in [1.54, 1.807) is 72.8 Å². The monoisotopic (exact) mass is 594 g/mol. The molecule has 4 aromatic carbocycles. The van der Waals surface area contributed by atoms with Crippen LogP contribution < -0.4 is 25.6 Å². The van der Waals surface area contributed by atoms with Crippen LogP contribution in [0.25, 0.3) is 0 Å². The number of benzene rings is 4. The van der Waals surface area contributed by atoms with E-state index in [4.69, 9.17) is 9.47 Å². The first-order valence-corrected chi connectivity index (χ1v) is 13.8. The van der Waals surface area contributed by atoms with Crippen molar-refractivity contribution in [3.8, 4) is 5.75 Å². The Bertz CT molecular complexity index is 1640. The number of carbonyl (C=O) groups excluding carboxylic acids is 4. The number of esters is 1. The van der Waals surface area contributed by atoms with Crippen molar-refractivity contribution in [2.75, 3.05) is 29.8 Å². The third kappa shape index (κ3) is 7.80. The Hall–Kier alpha value is -5.64. The van der Waals surface area contributed by atoms with Crippen molar-refractivity contribution in [3.63, 3.8) is 0 Å². The molecule has 0 aliphatic heterocycles. The molecule has 0 heterocycles. The van der Waals surface area contributed by atoms with Crippen molar-refractivity contribution in [1.29, 1.82) is 0 Å². The van der Waals surface area contributed by atoms with Crippen LogP contribution >= 0.6 is 0 Å². The van der Waals surface area contributed by atoms with Crippen LogP contribution in [0.5, 0.6) is 5.75 Å². The zero-order valence-electron chi connectivity index (χ0n) is 24.9. The molecule has 0 bridgehead atoms. The van der Waals surface area contributed by atoms with Gasteiger partial charge in [0.15, 0.2) is 0 Å². The van der Waals surface area contributed by atoms with Crippen LogP contribution in [-0.4, -0.2) is 38.0 Å². The first-order valence-electron chi connectivity index (χ1n) is 13.8. The van der Waals surface area contributed by atoms with Crippen molar-refractivity contribution in [2.24, 2.45) is 0 Å². The quantitative estimate of drug-likeness (QED) is 0.183. The number of nitrogens with zero attached hydrogens (tertiary/aromatic N) is 1. The topological polar surface area (TPSA) is 126 Å². The summed E-state index contributed by atoms with van der Waals surface area (Å²) in [5.74, 6) is -0.720. The molecule has 1 atom stereocenters. The fourth-order valence-corrected chi connectivity index (χ4v) is 4.61. The van der Waals surface area contributed by atoms with E-state index in [1.165, 1.54) is 26.0 Å². The number of nitrogens with one attached hydrogen (secondary N) is 3. The Morgan fingerprint density at radius 3 is 2.05 bits per heavy atom. The summed E-state index contributed by atoms with van der Waals surface area (Å²) >= 11 is 0. The molecule has 0 aliphatic carbocycles. The minimum absolute atomic E-state index is 0.0755. The minimum Gasteiger partial charge on any atom is -0.494 e. The van der Waals surface area contributed by atoms with Gasteiger partial charge in [-0.25, -0.2) is 4.79 Å². The third-order valence-electron chi connectivity index (χ3n) is 6.89. The molecule has 1 unspecified atom stereocenters. The predicted molar refractivity (Wildman–Crippen MR) is 169 cm³/mol. The SMILES string of the molecule is COC(=O)CC(NC(=O)c1ccccc1)c1ccc(N(C(C)=O)c2ccc(NC(=O)Nc3ccccc3C)c(OC)c2)cc1. The highest BCUT2D eigenvalue weighted by Gasteiger charge is 2.22. The fourth-order valence-electron chi connectivity index (χ4n) is 4.61. The maximum absolute atomic E-state index is 12.9. The van der Waals surface area contributed by atoms with Crippen molar-refractivity contribution in [3.05, 3.63) is 114 Å². The van der Waals surface area contributed by atoms with E-state index in [0.717, 1.165) is 5.56 Å². The number of methoxy groups -OCH3 is 2. The molecular weight excluding hydrogens is 560 g/mol. The summed E-state index contributed by atoms with van der Waals surface area (Å²) in [6.07, 6.45) is -0.0755. The highest BCUT2D eigenvalue weighted by atomic mass is 16.5. The van der Waals surface area contributed by atoms with Gasteiger partial charge in [-0.1, -0.05) is 48.5 Å². The van der Waals surface area contributed by atoms with E-state index < -0.39 is 18.0 Å². The van der Waals surface area contributed by atoms with Gasteiger partial charge in [-0.15, -0.1) is 0 Å². The van der Waals surface area contributed by atoms with Gasteiger partial charge >= 0.3 is 12.0 Å². The lowest BCUT2D eigenvalue weighted by Gasteiger charge is -2.24. The van der Waals surface area contributed by atoms with Gasteiger partial charge in [0.2, 0.25) is 5.91 Å². The van der Waals surface area contributed by atoms with Gasteiger partial charge in [-0.2, -0.15) is 0 Å². The van der Waals surface area contributed by atoms with Crippen molar-refractivity contribution < 1.29 is 28.7 Å². The molecule has 44 heavy (non-hydrogen) atoms. The molecular formula is C34H34N4O6. The van der Waals surface area contributed by atoms with Crippen LogP contribution in [0, 0.1) is 6.92 Å². The molecule has 0 aliphatic rings. The Balaban J connectivity index is 1.55. The van der Waals surface area contributed by atoms with Gasteiger partial charge in [0.25, 0.3) is 5.91 Å². The third-order valence-corrected chi connectivity index (χ3v) is 6.89. The minimum atomic E-state index is -0.661. The largest absolute Gasteiger partial charge is 0.494 e. The lowest BCUT2D eigenvalue weighted by Crippen LogP contribution is -2.30. The summed E-state index contributed by atoms with van der Waals surface area (Å²) in [6.45, 7) is 3.33. The number of ether oxygens (including phenoxy) is 2. The van der Waals surface area contributed by atoms with Crippen molar-refractivity contribution in [1.82, 2.24) is 5.32 Å². The first-order chi connectivity index (χ1) is 21.2. The number of amides is 4. The average Bonchev–Trinajstić information content (AvgIpc) is 3.03. The van der Waals surface area contributed by atoms with Gasteiger partial charge in [0.05, 0.1) is 38.1 Å². The van der Waals surface area contributed by atoms with E-state index in [0.29, 0.717) is 39.6 Å². The van der Waals surface area contributed by atoms with E-state index in [2.05, 4.69) is 16.0 Å². The molecule has 3 N–H and O–H groups in total. The smallest absolute Gasteiger partial charge is 0.323 e. The van der Waals surface area contributed by atoms with Crippen LogP contribution in [0.15, 0.2) is 97.1 Å². The summed E-state index contributed by atoms with van der Waals surface area (Å²) in [7, 11) is 2.76. The van der Waals surface area contributed by atoms with Crippen LogP contribution in [0.2, 0.25) is 0 Å². The standard InChI is InChI=1S/C34H34N4O6/c1-22-10-8-9-13-28(22)36-34(42)37-29-19-18-27(20-31(29)43-3)38(23(2)39)26-16-14-24(15-17-26)30(21-32(40)44-4)35-33(41)25-11-6-5-7-12-25/h5-20,30H,21H2,1-4H3,(H,35,41)(H2,36,37,42). The molecule has 10 heteroatoms. The molecule has 0 saturated heterocycles. The molecule has 0 spiro atoms. The number of rotatable bonds is 10. The van der Waals surface area contributed by atoms with Crippen LogP contribution in [0.3, 0.4) is 0 Å². The second-order valence-corrected chi connectivity index (χ2v) is 9.90. The summed E-state index contributed by atoms with van der Waals surface area (Å²) in [6, 6.07) is 27.0. The number of anilines is 4. The van der Waals surface area contributed by atoms with Crippen LogP contribution in [-0.2, 0) is 14.3 Å². The Labute approximate surface area is 256 Å². The number of hydrogen-bond donors (Lipinski definition) is 3. The lowest BCUT2D eigenvalue weighted by atomic mass is 10.0. The second kappa shape index (κ2) is 14.5. The van der Waals surface area contributed by atoms with E-state index in [9.17, 15) is 19.2 Å². The Morgan fingerprint density at radius 1 is 0.773 bits per heavy atom. The first kappa shape index (κ1) is 31.3. The van der Waals surface area contributed by atoms with Gasteiger partial charge in [0.1, 0.15) is 5.75 Å². The maximum atomic E-state index is 12.9. The normalized spacial score (nSPS) is 11.1. The molecule has 226 valence electrons. The molecule has 4 aromatic rings. The molecule has 4 rings (SSSR count). The highest BCUT2D eigenvalue weighted by molar-refractivity contribution is 6.03. The van der Waals surface area contributed by atoms with Crippen LogP contribution in [0.1, 0.15) is 40.9 Å². The molecule has 0 radical (unpaired) electrons. The number of aryl methyl sites for hydroxylation is 1. The lowest BCUT2D eigenvalue weighted by molar-refractivity contribution is -0.141. The molecule has 0 aromatic heterocycles. The summed E-state index contributed by atoms with van der Waals surface area (Å²) in [5, 5.41) is 8.50. The number of carbonyl (C=O) groups is 4. The van der Waals surface area contributed by atoms with Gasteiger partial charge in [-0.05, 0) is 60.5 Å². The highest BCUT2D eigenvalue weighted by Crippen LogP contribution is 2.34. The Kier molecular flexibility index (Phi) is 10.3. The van der Waals surface area contributed by atoms with Crippen molar-refractivity contribution >= 4 is 46.6 Å². The average molecular weight is 595 g/mol. The summed E-state index contributed by atoms with van der Waals surface area (Å²) in [4.78, 5) is 52.0. The number of para-hydroxylation sites is 1. The second-order valence-electron chi connectivity index (χ2n) is 9.90. The van der Waals surface area contributed by atoms with E-state index in [-0.39, 0.29) is 18.2 Å². The number of urea groups is 1. The van der Waals surface area contributed by atoms with E-state index >= 15 is 0 Å². The summed E-state index contributed by atoms with van der Waals surface area (Å²) in [5.41, 5.74) is 4.19. The number of hydrogen-bond acceptors (Lipinski definition) is 6. The van der Waals surface area contributed by atoms with Gasteiger partial charge in [-0.3, -0.25) is 19.3 Å². The Morgan fingerprint density at radius 2 is 1.41 bits per heavy atom. The maximum Gasteiger partial charge on any atom is 0.323 e. The fraction of sp³-hybridized carbons (Fsp3) is 0.176. The van der Waals surface area contributed by atoms with E-state index in [1.807, 2.05) is 31.2 Å². The molecule has 0 fully saturated rings. The van der Waals surface area contributed by atoms with Gasteiger partial charge < -0.3 is 25.4 Å². The summed E-state index contributed by atoms with van der Waals surface area (Å²) < 4.78 is 10.4. The zero-order chi connectivity index (χ0) is 31.6. The zero-order valence-corrected chi connectivity index (χ0v) is 24.9. The molecule has 10 nitrogen and oxygen atoms in total. The van der Waals surface area contributed by atoms with Crippen LogP contribution in [0.4, 0.5) is 27.5 Å². The molecule has 0 saturated carbocycles. The van der Waals surface area contributed by atoms with Crippen molar-refractivity contribution in [2.45, 2.75) is 26.3 Å². The van der Waals surface area contributed by atoms with Gasteiger partial charge in [0, 0.05) is 29.9 Å². The predicted octanol–water partition coefficient (Wildman–Crippen LogP) is 6.37. The molecule has 4 amide bonds.